The maximum absolute atomic E-state index is 14.4. The van der Waals surface area contributed by atoms with Crippen molar-refractivity contribution in [2.75, 3.05) is 4.90 Å². The highest BCUT2D eigenvalue weighted by Crippen LogP contribution is 2.55. The van der Waals surface area contributed by atoms with Gasteiger partial charge in [0.2, 0.25) is 11.8 Å². The van der Waals surface area contributed by atoms with Gasteiger partial charge in [0.25, 0.3) is 0 Å². The third-order valence-corrected chi connectivity index (χ3v) is 8.68. The molecule has 40 heavy (non-hydrogen) atoms. The topological polar surface area (TPSA) is 63.7 Å². The van der Waals surface area contributed by atoms with E-state index in [0.717, 1.165) is 38.2 Å². The van der Waals surface area contributed by atoms with E-state index in [1.165, 1.54) is 4.90 Å². The van der Waals surface area contributed by atoms with Crippen molar-refractivity contribution in [3.63, 3.8) is 0 Å². The minimum atomic E-state index is -0.871. The SMILES string of the molecule is O=C1Oc2c(ccc3ccccc23)C2=C[C@H](c3ccccc3)[C@@H]3C(=O)N(c4cccc5ccccc45)C(=O)[C@H]3[C@H]12. The van der Waals surface area contributed by atoms with Gasteiger partial charge in [0.05, 0.1) is 23.4 Å². The zero-order valence-electron chi connectivity index (χ0n) is 21.4. The minimum Gasteiger partial charge on any atom is -0.425 e. The van der Waals surface area contributed by atoms with Gasteiger partial charge >= 0.3 is 5.97 Å². The summed E-state index contributed by atoms with van der Waals surface area (Å²) in [5, 5.41) is 3.57. The molecule has 1 saturated heterocycles. The lowest BCUT2D eigenvalue weighted by atomic mass is 9.64. The normalized spacial score (nSPS) is 23.4. The van der Waals surface area contributed by atoms with Crippen LogP contribution in [0.2, 0.25) is 0 Å². The molecule has 5 heteroatoms. The van der Waals surface area contributed by atoms with Gasteiger partial charge < -0.3 is 4.74 Å². The smallest absolute Gasteiger partial charge is 0.319 e. The number of nitrogens with zero attached hydrogens (tertiary/aromatic N) is 1. The number of fused-ring (bicyclic) bond motifs is 8. The number of ether oxygens (including phenoxy) is 1. The molecule has 5 nitrogen and oxygen atoms in total. The molecule has 3 aliphatic rings. The summed E-state index contributed by atoms with van der Waals surface area (Å²) < 4.78 is 6.00. The van der Waals surface area contributed by atoms with Crippen LogP contribution >= 0.6 is 0 Å². The highest BCUT2D eigenvalue weighted by atomic mass is 16.5. The summed E-state index contributed by atoms with van der Waals surface area (Å²) in [6.07, 6.45) is 2.03. The van der Waals surface area contributed by atoms with E-state index < -0.39 is 23.7 Å². The Balaban J connectivity index is 1.35. The summed E-state index contributed by atoms with van der Waals surface area (Å²) in [5.41, 5.74) is 3.04. The Hall–Kier alpha value is -5.03. The molecule has 1 fully saturated rings. The van der Waals surface area contributed by atoms with Crippen LogP contribution in [0.1, 0.15) is 17.0 Å². The Bertz CT molecular complexity index is 1920. The van der Waals surface area contributed by atoms with Gasteiger partial charge in [-0.05, 0) is 28.0 Å². The van der Waals surface area contributed by atoms with Crippen molar-refractivity contribution in [2.45, 2.75) is 5.92 Å². The van der Waals surface area contributed by atoms with Crippen LogP contribution < -0.4 is 9.64 Å². The van der Waals surface area contributed by atoms with Crippen LogP contribution in [-0.2, 0) is 14.4 Å². The van der Waals surface area contributed by atoms with E-state index in [9.17, 15) is 14.4 Å². The number of carbonyl (C=O) groups excluding carboxylic acids is 3. The van der Waals surface area contributed by atoms with Gasteiger partial charge in [-0.25, -0.2) is 4.90 Å². The molecule has 0 spiro atoms. The fourth-order valence-corrected chi connectivity index (χ4v) is 6.93. The highest BCUT2D eigenvalue weighted by molar-refractivity contribution is 6.27. The van der Waals surface area contributed by atoms with Crippen LogP contribution in [0.25, 0.3) is 27.1 Å². The van der Waals surface area contributed by atoms with Crippen LogP contribution in [0.3, 0.4) is 0 Å². The van der Waals surface area contributed by atoms with Crippen molar-refractivity contribution in [1.29, 1.82) is 0 Å². The number of rotatable bonds is 2. The fraction of sp³-hybridized carbons (Fsp3) is 0.114. The molecule has 1 aliphatic carbocycles. The Kier molecular flexibility index (Phi) is 4.86. The van der Waals surface area contributed by atoms with E-state index in [1.54, 1.807) is 0 Å². The van der Waals surface area contributed by atoms with E-state index >= 15 is 0 Å². The van der Waals surface area contributed by atoms with Crippen LogP contribution in [-0.4, -0.2) is 17.8 Å². The summed E-state index contributed by atoms with van der Waals surface area (Å²) in [6.45, 7) is 0. The summed E-state index contributed by atoms with van der Waals surface area (Å²) in [5.74, 6) is -3.46. The van der Waals surface area contributed by atoms with Gasteiger partial charge in [-0.1, -0.05) is 109 Å². The summed E-state index contributed by atoms with van der Waals surface area (Å²) in [7, 11) is 0. The number of benzene rings is 5. The number of allylic oxidation sites excluding steroid dienone is 1. The molecule has 0 radical (unpaired) electrons. The molecule has 0 aromatic heterocycles. The van der Waals surface area contributed by atoms with Crippen molar-refractivity contribution in [2.24, 2.45) is 17.8 Å². The third-order valence-electron chi connectivity index (χ3n) is 8.68. The molecular formula is C35H23NO4. The maximum Gasteiger partial charge on any atom is 0.319 e. The summed E-state index contributed by atoms with van der Waals surface area (Å²) in [4.78, 5) is 43.8. The molecule has 0 bridgehead atoms. The molecule has 2 amide bonds. The summed E-state index contributed by atoms with van der Waals surface area (Å²) in [6, 6.07) is 34.9. The van der Waals surface area contributed by atoms with E-state index in [0.29, 0.717) is 11.4 Å². The van der Waals surface area contributed by atoms with Gasteiger partial charge in [0.1, 0.15) is 5.75 Å². The van der Waals surface area contributed by atoms with Gasteiger partial charge in [-0.15, -0.1) is 0 Å². The number of esters is 1. The molecule has 2 aliphatic heterocycles. The quantitative estimate of drug-likeness (QED) is 0.151. The first-order valence-electron chi connectivity index (χ1n) is 13.5. The number of anilines is 1. The van der Waals surface area contributed by atoms with Crippen LogP contribution in [0.4, 0.5) is 5.69 Å². The number of hydrogen-bond acceptors (Lipinski definition) is 4. The lowest BCUT2D eigenvalue weighted by Gasteiger charge is -2.38. The molecule has 8 rings (SSSR count). The average molecular weight is 522 g/mol. The molecule has 0 saturated carbocycles. The summed E-state index contributed by atoms with van der Waals surface area (Å²) >= 11 is 0. The van der Waals surface area contributed by atoms with Crippen molar-refractivity contribution >= 4 is 50.6 Å². The highest BCUT2D eigenvalue weighted by Gasteiger charge is 2.60. The fourth-order valence-electron chi connectivity index (χ4n) is 6.93. The molecule has 5 aromatic carbocycles. The van der Waals surface area contributed by atoms with Crippen molar-refractivity contribution < 1.29 is 19.1 Å². The second-order valence-electron chi connectivity index (χ2n) is 10.7. The number of amides is 2. The zero-order valence-corrected chi connectivity index (χ0v) is 21.4. The molecule has 2 heterocycles. The molecule has 192 valence electrons. The number of imide groups is 1. The monoisotopic (exact) mass is 521 g/mol. The predicted octanol–water partition coefficient (Wildman–Crippen LogP) is 6.51. The van der Waals surface area contributed by atoms with Crippen LogP contribution in [0, 0.1) is 17.8 Å². The maximum atomic E-state index is 14.4. The first-order valence-corrected chi connectivity index (χ1v) is 13.5. The minimum absolute atomic E-state index is 0.285. The number of hydrogen-bond donors (Lipinski definition) is 0. The van der Waals surface area contributed by atoms with Gasteiger partial charge in [0, 0.05) is 22.3 Å². The lowest BCUT2D eigenvalue weighted by molar-refractivity contribution is -0.142. The molecule has 0 N–H and O–H groups in total. The molecular weight excluding hydrogens is 498 g/mol. The van der Waals surface area contributed by atoms with E-state index in [2.05, 4.69) is 0 Å². The zero-order chi connectivity index (χ0) is 27.0. The predicted molar refractivity (Wildman–Crippen MR) is 154 cm³/mol. The Labute approximate surface area is 230 Å². The third kappa shape index (κ3) is 3.12. The molecule has 0 unspecified atom stereocenters. The van der Waals surface area contributed by atoms with Gasteiger partial charge in [-0.2, -0.15) is 0 Å². The lowest BCUT2D eigenvalue weighted by Crippen LogP contribution is -2.42. The Morgan fingerprint density at radius 2 is 1.25 bits per heavy atom. The Morgan fingerprint density at radius 1 is 0.600 bits per heavy atom. The van der Waals surface area contributed by atoms with Crippen molar-refractivity contribution in [3.8, 4) is 5.75 Å². The van der Waals surface area contributed by atoms with Gasteiger partial charge in [0.15, 0.2) is 0 Å². The van der Waals surface area contributed by atoms with Crippen molar-refractivity contribution in [3.05, 3.63) is 126 Å². The standard InChI is InChI=1S/C35H23NO4/c37-33-29-26(21-9-2-1-3-10-21)19-27-25-18-17-22-12-5-7-15-24(22)32(25)40-35(39)30(27)31(29)34(38)36(33)28-16-8-13-20-11-4-6-14-23(20)28/h1-19,26,29-31H/t26-,29+,30-,31-/m1/s1. The first kappa shape index (κ1) is 22.9. The second-order valence-corrected chi connectivity index (χ2v) is 10.7. The first-order chi connectivity index (χ1) is 19.6. The second kappa shape index (κ2) is 8.48. The number of carbonyl (C=O) groups is 3. The van der Waals surface area contributed by atoms with E-state index in [4.69, 9.17) is 4.74 Å². The Morgan fingerprint density at radius 3 is 2.05 bits per heavy atom. The van der Waals surface area contributed by atoms with E-state index in [1.807, 2.05) is 115 Å². The van der Waals surface area contributed by atoms with Crippen LogP contribution in [0.5, 0.6) is 5.75 Å². The van der Waals surface area contributed by atoms with Crippen molar-refractivity contribution in [1.82, 2.24) is 0 Å². The van der Waals surface area contributed by atoms with Gasteiger partial charge in [-0.3, -0.25) is 14.4 Å². The molecule has 5 aromatic rings. The largest absolute Gasteiger partial charge is 0.425 e. The van der Waals surface area contributed by atoms with E-state index in [-0.39, 0.29) is 17.7 Å². The average Bonchev–Trinajstić information content (AvgIpc) is 3.26. The molecule has 4 atom stereocenters. The van der Waals surface area contributed by atoms with Crippen LogP contribution in [0.15, 0.2) is 115 Å².